The predicted octanol–water partition coefficient (Wildman–Crippen LogP) is 0.217. The molecule has 6 heavy (non-hydrogen) atoms. The minimum atomic E-state index is -1.83. The van der Waals surface area contributed by atoms with E-state index in [0.29, 0.717) is 0 Å². The Morgan fingerprint density at radius 1 is 1.33 bits per heavy atom. The van der Waals surface area contributed by atoms with Gasteiger partial charge in [-0.05, 0) is 0 Å². The molecule has 0 rings (SSSR count). The Kier molecular flexibility index (Phi) is 24.5. The van der Waals surface area contributed by atoms with E-state index in [9.17, 15) is 0 Å². The molecule has 0 fully saturated rings. The molecule has 0 unspecified atom stereocenters. The Balaban J connectivity index is -0.0000000450. The van der Waals surface area contributed by atoms with Crippen LogP contribution in [0.3, 0.4) is 0 Å². The molecule has 5 heteroatoms. The van der Waals surface area contributed by atoms with Crippen LogP contribution in [0.1, 0.15) is 0 Å². The molecule has 0 aromatic carbocycles. The van der Waals surface area contributed by atoms with Gasteiger partial charge in [-0.3, -0.25) is 0 Å². The SMILES string of the molecule is O=C(O)O.[Nb].[Zr]. The average molecular weight is 246 g/mol. The van der Waals surface area contributed by atoms with Crippen molar-refractivity contribution in [1.82, 2.24) is 0 Å². The zero-order valence-corrected chi connectivity index (χ0v) is 7.41. The van der Waals surface area contributed by atoms with Crippen LogP contribution in [-0.2, 0) is 48.6 Å². The summed E-state index contributed by atoms with van der Waals surface area (Å²) in [6, 6.07) is 0. The van der Waals surface area contributed by atoms with Crippen molar-refractivity contribution in [3.05, 3.63) is 0 Å². The summed E-state index contributed by atoms with van der Waals surface area (Å²) in [4.78, 5) is 8.56. The normalized spacial score (nSPS) is 4.00. The van der Waals surface area contributed by atoms with Gasteiger partial charge in [0, 0.05) is 48.6 Å². The maximum absolute atomic E-state index is 8.56. The maximum atomic E-state index is 8.56. The summed E-state index contributed by atoms with van der Waals surface area (Å²) in [6.45, 7) is 0. The van der Waals surface area contributed by atoms with Crippen molar-refractivity contribution in [3.8, 4) is 0 Å². The van der Waals surface area contributed by atoms with Crippen molar-refractivity contribution in [2.45, 2.75) is 0 Å². The molecule has 0 aromatic rings. The quantitative estimate of drug-likeness (QED) is 0.601. The van der Waals surface area contributed by atoms with Gasteiger partial charge >= 0.3 is 6.16 Å². The van der Waals surface area contributed by atoms with Crippen molar-refractivity contribution in [2.75, 3.05) is 0 Å². The van der Waals surface area contributed by atoms with Gasteiger partial charge in [0.05, 0.1) is 0 Å². The van der Waals surface area contributed by atoms with Crippen LogP contribution in [0.4, 0.5) is 4.79 Å². The Hall–Kier alpha value is 0.893. The molecule has 1 radical (unpaired) electrons. The molecule has 0 heterocycles. The Labute approximate surface area is 69.4 Å². The Morgan fingerprint density at radius 2 is 1.33 bits per heavy atom. The number of rotatable bonds is 0. The molecule has 0 aliphatic rings. The first-order valence-corrected chi connectivity index (χ1v) is 0.651. The van der Waals surface area contributed by atoms with Crippen LogP contribution in [0.2, 0.25) is 0 Å². The molecule has 2 N–H and O–H groups in total. The Bertz CT molecular complexity index is 33.8. The zero-order chi connectivity index (χ0) is 3.58. The van der Waals surface area contributed by atoms with Crippen LogP contribution in [0, 0.1) is 0 Å². The first-order chi connectivity index (χ1) is 1.73. The molecular weight excluding hydrogens is 244 g/mol. The summed E-state index contributed by atoms with van der Waals surface area (Å²) in [5, 5.41) is 13.9. The van der Waals surface area contributed by atoms with Gasteiger partial charge in [0.25, 0.3) is 0 Å². The molecule has 0 bridgehead atoms. The topological polar surface area (TPSA) is 57.5 Å². The molecule has 0 saturated heterocycles. The van der Waals surface area contributed by atoms with E-state index in [2.05, 4.69) is 0 Å². The van der Waals surface area contributed by atoms with Crippen LogP contribution in [0.5, 0.6) is 0 Å². The van der Waals surface area contributed by atoms with E-state index in [1.165, 1.54) is 0 Å². The van der Waals surface area contributed by atoms with Crippen LogP contribution in [0.15, 0.2) is 0 Å². The third-order valence-electron chi connectivity index (χ3n) is 0. The average Bonchev–Trinajstić information content (AvgIpc) is 0.811. The molecule has 33 valence electrons. The number of hydrogen-bond acceptors (Lipinski definition) is 1. The van der Waals surface area contributed by atoms with E-state index in [1.54, 1.807) is 0 Å². The molecule has 0 amide bonds. The summed E-state index contributed by atoms with van der Waals surface area (Å²) < 4.78 is 0. The zero-order valence-electron chi connectivity index (χ0n) is 2.75. The fraction of sp³-hybridized carbons (Fsp3) is 0. The van der Waals surface area contributed by atoms with Gasteiger partial charge in [-0.25, -0.2) is 4.79 Å². The van der Waals surface area contributed by atoms with Crippen molar-refractivity contribution < 1.29 is 63.6 Å². The molecule has 0 aromatic heterocycles. The maximum Gasteiger partial charge on any atom is 0.503 e. The second kappa shape index (κ2) is 9.31. The molecule has 0 aliphatic heterocycles. The van der Waals surface area contributed by atoms with Gasteiger partial charge in [-0.2, -0.15) is 0 Å². The van der Waals surface area contributed by atoms with Crippen LogP contribution in [0.25, 0.3) is 0 Å². The summed E-state index contributed by atoms with van der Waals surface area (Å²) >= 11 is 0. The Morgan fingerprint density at radius 3 is 1.33 bits per heavy atom. The van der Waals surface area contributed by atoms with E-state index in [-0.39, 0.29) is 48.6 Å². The largest absolute Gasteiger partial charge is 0.503 e. The number of carbonyl (C=O) groups is 1. The van der Waals surface area contributed by atoms with Crippen LogP contribution < -0.4 is 0 Å². The summed E-state index contributed by atoms with van der Waals surface area (Å²) in [5.74, 6) is 0. The predicted molar refractivity (Wildman–Crippen MR) is 10.7 cm³/mol. The van der Waals surface area contributed by atoms with Gasteiger partial charge in [-0.15, -0.1) is 0 Å². The van der Waals surface area contributed by atoms with Gasteiger partial charge in [0.1, 0.15) is 0 Å². The monoisotopic (exact) mass is 245 g/mol. The minimum absolute atomic E-state index is 0. The summed E-state index contributed by atoms with van der Waals surface area (Å²) in [6.07, 6.45) is -1.83. The number of hydrogen-bond donors (Lipinski definition) is 2. The van der Waals surface area contributed by atoms with E-state index in [4.69, 9.17) is 15.0 Å². The van der Waals surface area contributed by atoms with E-state index in [1.807, 2.05) is 0 Å². The van der Waals surface area contributed by atoms with Gasteiger partial charge in [0.15, 0.2) is 0 Å². The van der Waals surface area contributed by atoms with Crippen LogP contribution in [-0.4, -0.2) is 16.4 Å². The van der Waals surface area contributed by atoms with Crippen molar-refractivity contribution >= 4 is 6.16 Å². The fourth-order valence-electron chi connectivity index (χ4n) is 0. The molecular formula is CH2NbO3Zr. The standard InChI is InChI=1S/CH2O3.Nb.Zr/c2-1(3)4;;/h(H2,2,3,4);;. The third kappa shape index (κ3) is 92.9. The fourth-order valence-corrected chi connectivity index (χ4v) is 0. The summed E-state index contributed by atoms with van der Waals surface area (Å²) in [5.41, 5.74) is 0. The van der Waals surface area contributed by atoms with Crippen molar-refractivity contribution in [3.63, 3.8) is 0 Å². The summed E-state index contributed by atoms with van der Waals surface area (Å²) in [7, 11) is 0. The first kappa shape index (κ1) is 15.8. The third-order valence-corrected chi connectivity index (χ3v) is 0. The van der Waals surface area contributed by atoms with Gasteiger partial charge in [0.2, 0.25) is 0 Å². The molecule has 0 atom stereocenters. The van der Waals surface area contributed by atoms with Gasteiger partial charge < -0.3 is 10.2 Å². The molecule has 0 aliphatic carbocycles. The smallest absolute Gasteiger partial charge is 0.450 e. The van der Waals surface area contributed by atoms with Gasteiger partial charge in [-0.1, -0.05) is 0 Å². The molecule has 3 nitrogen and oxygen atoms in total. The first-order valence-electron chi connectivity index (χ1n) is 0.651. The van der Waals surface area contributed by atoms with E-state index >= 15 is 0 Å². The van der Waals surface area contributed by atoms with E-state index in [0.717, 1.165) is 0 Å². The molecule has 0 saturated carbocycles. The molecule has 0 spiro atoms. The van der Waals surface area contributed by atoms with Crippen LogP contribution >= 0.6 is 0 Å². The second-order valence-corrected chi connectivity index (χ2v) is 0.283. The second-order valence-electron chi connectivity index (χ2n) is 0.283. The van der Waals surface area contributed by atoms with Crippen molar-refractivity contribution in [2.24, 2.45) is 0 Å². The van der Waals surface area contributed by atoms with E-state index < -0.39 is 6.16 Å². The van der Waals surface area contributed by atoms with Crippen molar-refractivity contribution in [1.29, 1.82) is 0 Å². The minimum Gasteiger partial charge on any atom is -0.450 e. The number of carboxylic acid groups (broad SMARTS) is 2.